The smallest absolute Gasteiger partial charge is 0.213 e. The van der Waals surface area contributed by atoms with Gasteiger partial charge >= 0.3 is 0 Å². The first-order valence-corrected chi connectivity index (χ1v) is 16.4. The molecule has 0 saturated heterocycles. The average Bonchev–Trinajstić information content (AvgIpc) is 2.97. The molecule has 0 saturated carbocycles. The number of aromatic nitrogens is 1. The zero-order valence-electron chi connectivity index (χ0n) is 24.3. The maximum absolute atomic E-state index is 10.9. The first-order valence-electron chi connectivity index (χ1n) is 14.9. The van der Waals surface area contributed by atoms with Gasteiger partial charge in [-0.15, -0.1) is 0 Å². The predicted octanol–water partition coefficient (Wildman–Crippen LogP) is 7.74. The third kappa shape index (κ3) is 9.00. The molecule has 0 aliphatic heterocycles. The molecule has 0 aliphatic carbocycles. The minimum absolute atomic E-state index is 0.312. The van der Waals surface area contributed by atoms with Crippen LogP contribution in [0, 0.1) is 0 Å². The molecule has 0 spiro atoms. The van der Waals surface area contributed by atoms with Crippen LogP contribution in [0.4, 0.5) is 5.69 Å². The second-order valence-corrected chi connectivity index (χ2v) is 12.2. The Morgan fingerprint density at radius 2 is 1.51 bits per heavy atom. The normalized spacial score (nSPS) is 12.3. The number of nitrogens with zero attached hydrogens (tertiary/aromatic N) is 2. The molecule has 0 fully saturated rings. The monoisotopic (exact) mass is 570 g/mol. The Kier molecular flexibility index (Phi) is 11.1. The van der Waals surface area contributed by atoms with E-state index in [9.17, 15) is 13.0 Å². The largest absolute Gasteiger partial charge is 0.748 e. The van der Waals surface area contributed by atoms with Gasteiger partial charge in [-0.05, 0) is 65.4 Å². The van der Waals surface area contributed by atoms with Crippen molar-refractivity contribution in [3.8, 4) is 0 Å². The van der Waals surface area contributed by atoms with Crippen molar-refractivity contribution < 1.29 is 17.5 Å². The molecule has 216 valence electrons. The second kappa shape index (κ2) is 14.9. The van der Waals surface area contributed by atoms with Gasteiger partial charge in [0.1, 0.15) is 6.54 Å². The van der Waals surface area contributed by atoms with E-state index in [1.165, 1.54) is 47.7 Å². The number of anilines is 1. The molecule has 1 heterocycles. The van der Waals surface area contributed by atoms with Crippen molar-refractivity contribution in [2.75, 3.05) is 23.7 Å². The van der Waals surface area contributed by atoms with Crippen LogP contribution in [0.25, 0.3) is 33.8 Å². The minimum Gasteiger partial charge on any atom is -0.748 e. The van der Waals surface area contributed by atoms with Gasteiger partial charge in [0.25, 0.3) is 0 Å². The van der Waals surface area contributed by atoms with Crippen LogP contribution in [-0.4, -0.2) is 31.8 Å². The molecule has 6 heteroatoms. The van der Waals surface area contributed by atoms with Crippen molar-refractivity contribution in [3.05, 3.63) is 96.2 Å². The van der Waals surface area contributed by atoms with Crippen LogP contribution >= 0.6 is 0 Å². The van der Waals surface area contributed by atoms with E-state index in [4.69, 9.17) is 0 Å². The number of fused-ring (bicyclic) bond motifs is 2. The van der Waals surface area contributed by atoms with Gasteiger partial charge < -0.3 is 9.45 Å². The standard InChI is InChI=1S/C35H42N2O3S/c1-3-5-22-36(23-6-4-2)33-20-19-31-27-29(17-18-32(31)28-33)13-7-8-14-30-21-25-37(24-11-12-26-41(38,39)40)35-16-10-9-15-34(30)35/h7-10,13-21,25,27-28H,3-6,11-12,22-24,26H2,1-2H3. The summed E-state index contributed by atoms with van der Waals surface area (Å²) in [7, 11) is -4.16. The van der Waals surface area contributed by atoms with Crippen LogP contribution in [0.5, 0.6) is 0 Å². The number of para-hydroxylation sites is 1. The summed E-state index contributed by atoms with van der Waals surface area (Å²) in [4.78, 5) is 2.53. The van der Waals surface area contributed by atoms with Crippen molar-refractivity contribution in [3.63, 3.8) is 0 Å². The third-order valence-corrected chi connectivity index (χ3v) is 8.24. The number of pyridine rings is 1. The summed E-state index contributed by atoms with van der Waals surface area (Å²) in [6.45, 7) is 7.39. The summed E-state index contributed by atoms with van der Waals surface area (Å²) >= 11 is 0. The molecular weight excluding hydrogens is 528 g/mol. The van der Waals surface area contributed by atoms with E-state index in [0.29, 0.717) is 19.4 Å². The van der Waals surface area contributed by atoms with E-state index in [0.717, 1.165) is 29.6 Å². The maximum atomic E-state index is 10.9. The van der Waals surface area contributed by atoms with Crippen molar-refractivity contribution in [1.82, 2.24) is 0 Å². The fraction of sp³-hybridized carbons (Fsp3) is 0.343. The molecule has 4 aromatic rings. The van der Waals surface area contributed by atoms with Gasteiger partial charge in [0.2, 0.25) is 5.52 Å². The number of rotatable bonds is 15. The van der Waals surface area contributed by atoms with E-state index >= 15 is 0 Å². The molecule has 4 rings (SSSR count). The molecule has 41 heavy (non-hydrogen) atoms. The molecule has 3 aromatic carbocycles. The average molecular weight is 571 g/mol. The number of aryl methyl sites for hydroxylation is 1. The number of unbranched alkanes of at least 4 members (excludes halogenated alkanes) is 3. The molecule has 0 atom stereocenters. The summed E-state index contributed by atoms with van der Waals surface area (Å²) in [6, 6.07) is 23.7. The van der Waals surface area contributed by atoms with E-state index in [1.54, 1.807) is 0 Å². The van der Waals surface area contributed by atoms with E-state index in [1.807, 2.05) is 18.3 Å². The molecule has 0 unspecified atom stereocenters. The lowest BCUT2D eigenvalue weighted by Crippen LogP contribution is -2.34. The topological polar surface area (TPSA) is 64.3 Å². The number of allylic oxidation sites excluding steroid dienone is 2. The van der Waals surface area contributed by atoms with Gasteiger partial charge in [-0.25, -0.2) is 8.42 Å². The maximum Gasteiger partial charge on any atom is 0.213 e. The highest BCUT2D eigenvalue weighted by Crippen LogP contribution is 2.25. The van der Waals surface area contributed by atoms with Gasteiger partial charge in [0.05, 0.1) is 15.5 Å². The van der Waals surface area contributed by atoms with Gasteiger partial charge in [-0.3, -0.25) is 0 Å². The highest BCUT2D eigenvalue weighted by molar-refractivity contribution is 7.85. The van der Waals surface area contributed by atoms with Crippen molar-refractivity contribution in [2.24, 2.45) is 0 Å². The molecule has 0 aliphatic rings. The lowest BCUT2D eigenvalue weighted by atomic mass is 10.0. The van der Waals surface area contributed by atoms with Crippen molar-refractivity contribution in [1.29, 1.82) is 0 Å². The van der Waals surface area contributed by atoms with E-state index in [-0.39, 0.29) is 5.75 Å². The summed E-state index contributed by atoms with van der Waals surface area (Å²) in [5.41, 5.74) is 4.68. The molecule has 0 radical (unpaired) electrons. The highest BCUT2D eigenvalue weighted by atomic mass is 32.2. The van der Waals surface area contributed by atoms with Crippen molar-refractivity contribution in [2.45, 2.75) is 58.9 Å². The van der Waals surface area contributed by atoms with Crippen LogP contribution in [0.2, 0.25) is 0 Å². The summed E-state index contributed by atoms with van der Waals surface area (Å²) in [6.07, 6.45) is 16.3. The Morgan fingerprint density at radius 1 is 0.805 bits per heavy atom. The number of hydrogen-bond acceptors (Lipinski definition) is 4. The Balaban J connectivity index is 1.44. The van der Waals surface area contributed by atoms with Gasteiger partial charge in [0, 0.05) is 43.1 Å². The highest BCUT2D eigenvalue weighted by Gasteiger charge is 2.11. The third-order valence-electron chi connectivity index (χ3n) is 7.45. The Morgan fingerprint density at radius 3 is 2.27 bits per heavy atom. The van der Waals surface area contributed by atoms with Crippen LogP contribution in [0.3, 0.4) is 0 Å². The quantitative estimate of drug-likeness (QED) is 0.0635. The van der Waals surface area contributed by atoms with Crippen molar-refractivity contribution >= 4 is 49.6 Å². The Bertz CT molecular complexity index is 1600. The zero-order valence-corrected chi connectivity index (χ0v) is 25.2. The van der Waals surface area contributed by atoms with Crippen LogP contribution in [-0.2, 0) is 16.7 Å². The zero-order chi connectivity index (χ0) is 29.1. The number of benzene rings is 3. The SMILES string of the molecule is CCCCN(CCCC)c1ccc2cc(/C=C/C=C/c3cc[n+](CCCCS(=O)(=O)[O-])c4ccccc34)ccc2c1. The summed E-state index contributed by atoms with van der Waals surface area (Å²) in [5, 5.41) is 3.65. The fourth-order valence-electron chi connectivity index (χ4n) is 5.16. The second-order valence-electron chi connectivity index (χ2n) is 10.7. The van der Waals surface area contributed by atoms with Crippen LogP contribution in [0.1, 0.15) is 63.5 Å². The first kappa shape index (κ1) is 30.5. The lowest BCUT2D eigenvalue weighted by molar-refractivity contribution is -0.671. The summed E-state index contributed by atoms with van der Waals surface area (Å²) < 4.78 is 34.8. The summed E-state index contributed by atoms with van der Waals surface area (Å²) in [5.74, 6) is -0.312. The molecule has 0 N–H and O–H groups in total. The first-order chi connectivity index (χ1) is 19.9. The molecule has 1 aromatic heterocycles. The predicted molar refractivity (Wildman–Crippen MR) is 172 cm³/mol. The molecular formula is C35H42N2O3S. The van der Waals surface area contributed by atoms with E-state index < -0.39 is 10.1 Å². The lowest BCUT2D eigenvalue weighted by Gasteiger charge is -2.25. The van der Waals surface area contributed by atoms with Gasteiger partial charge in [-0.1, -0.05) is 81.3 Å². The van der Waals surface area contributed by atoms with Gasteiger partial charge in [-0.2, -0.15) is 4.57 Å². The fourth-order valence-corrected chi connectivity index (χ4v) is 5.71. The minimum atomic E-state index is -4.16. The molecule has 0 amide bonds. The van der Waals surface area contributed by atoms with E-state index in [2.05, 4.69) is 102 Å². The molecule has 0 bridgehead atoms. The molecule has 5 nitrogen and oxygen atoms in total. The Hall–Kier alpha value is -3.48. The van der Waals surface area contributed by atoms with Gasteiger partial charge in [0.15, 0.2) is 6.20 Å². The number of hydrogen-bond donors (Lipinski definition) is 0. The van der Waals surface area contributed by atoms with Crippen LogP contribution < -0.4 is 9.47 Å². The Labute approximate surface area is 245 Å². The van der Waals surface area contributed by atoms with Crippen LogP contribution in [0.15, 0.2) is 85.1 Å².